The summed E-state index contributed by atoms with van der Waals surface area (Å²) >= 11 is 0. The summed E-state index contributed by atoms with van der Waals surface area (Å²) in [7, 11) is 0. The zero-order valence-electron chi connectivity index (χ0n) is 18.1. The SMILES string of the molecule is CC(C)C[C@H]1C(=O)NC[C@H](c2ccccc2)CN1C(=O)c1cc(-c2ccc(F)cc2)on1. The van der Waals surface area contributed by atoms with Crippen LogP contribution in [0.1, 0.15) is 42.2 Å². The summed E-state index contributed by atoms with van der Waals surface area (Å²) in [6, 6.07) is 16.6. The highest BCUT2D eigenvalue weighted by molar-refractivity contribution is 5.97. The van der Waals surface area contributed by atoms with Gasteiger partial charge in [-0.05, 0) is 42.2 Å². The molecule has 2 atom stereocenters. The molecule has 2 amide bonds. The number of hydrogen-bond acceptors (Lipinski definition) is 4. The molecule has 0 radical (unpaired) electrons. The predicted octanol–water partition coefficient (Wildman–Crippen LogP) is 4.25. The van der Waals surface area contributed by atoms with Crippen LogP contribution in [0.25, 0.3) is 11.3 Å². The van der Waals surface area contributed by atoms with E-state index < -0.39 is 6.04 Å². The van der Waals surface area contributed by atoms with Crippen LogP contribution < -0.4 is 5.32 Å². The first-order chi connectivity index (χ1) is 15.4. The minimum Gasteiger partial charge on any atom is -0.355 e. The van der Waals surface area contributed by atoms with E-state index >= 15 is 0 Å². The highest BCUT2D eigenvalue weighted by Gasteiger charge is 2.37. The molecule has 1 aliphatic heterocycles. The lowest BCUT2D eigenvalue weighted by atomic mass is 9.97. The van der Waals surface area contributed by atoms with Crippen LogP contribution in [0.4, 0.5) is 4.39 Å². The van der Waals surface area contributed by atoms with Crippen molar-refractivity contribution in [2.45, 2.75) is 32.2 Å². The van der Waals surface area contributed by atoms with Gasteiger partial charge in [0.25, 0.3) is 5.91 Å². The number of aromatic nitrogens is 1. The fourth-order valence-electron chi connectivity index (χ4n) is 4.04. The van der Waals surface area contributed by atoms with Crippen LogP contribution in [0, 0.1) is 11.7 Å². The minimum absolute atomic E-state index is 0.0373. The Labute approximate surface area is 186 Å². The van der Waals surface area contributed by atoms with E-state index in [9.17, 15) is 14.0 Å². The zero-order chi connectivity index (χ0) is 22.7. The third-order valence-corrected chi connectivity index (χ3v) is 5.70. The van der Waals surface area contributed by atoms with Crippen LogP contribution in [-0.4, -0.2) is 41.0 Å². The number of halogens is 1. The Hall–Kier alpha value is -3.48. The maximum absolute atomic E-state index is 13.5. The maximum atomic E-state index is 13.5. The van der Waals surface area contributed by atoms with Crippen LogP contribution in [0.5, 0.6) is 0 Å². The predicted molar refractivity (Wildman–Crippen MR) is 118 cm³/mol. The molecule has 0 aliphatic carbocycles. The van der Waals surface area contributed by atoms with E-state index in [1.54, 1.807) is 23.1 Å². The van der Waals surface area contributed by atoms with Crippen molar-refractivity contribution in [3.05, 3.63) is 77.7 Å². The van der Waals surface area contributed by atoms with E-state index in [0.717, 1.165) is 5.56 Å². The molecule has 6 nitrogen and oxygen atoms in total. The largest absolute Gasteiger partial charge is 0.355 e. The summed E-state index contributed by atoms with van der Waals surface area (Å²) in [6.45, 7) is 4.90. The number of nitrogens with one attached hydrogen (secondary N) is 1. The molecule has 7 heteroatoms. The molecule has 3 aromatic rings. The second kappa shape index (κ2) is 9.34. The lowest BCUT2D eigenvalue weighted by molar-refractivity contribution is -0.125. The molecule has 1 fully saturated rings. The minimum atomic E-state index is -0.595. The van der Waals surface area contributed by atoms with Crippen LogP contribution >= 0.6 is 0 Å². The molecule has 166 valence electrons. The second-order valence-electron chi connectivity index (χ2n) is 8.54. The summed E-state index contributed by atoms with van der Waals surface area (Å²) in [5, 5.41) is 6.97. The summed E-state index contributed by atoms with van der Waals surface area (Å²) < 4.78 is 18.6. The summed E-state index contributed by atoms with van der Waals surface area (Å²) in [5.41, 5.74) is 1.80. The first-order valence-electron chi connectivity index (χ1n) is 10.8. The molecule has 1 aliphatic rings. The van der Waals surface area contributed by atoms with E-state index in [1.165, 1.54) is 12.1 Å². The number of amides is 2. The van der Waals surface area contributed by atoms with E-state index in [4.69, 9.17) is 4.52 Å². The van der Waals surface area contributed by atoms with E-state index in [0.29, 0.717) is 30.8 Å². The molecule has 2 heterocycles. The third kappa shape index (κ3) is 4.72. The molecule has 1 saturated heterocycles. The van der Waals surface area contributed by atoms with Crippen LogP contribution in [0.15, 0.2) is 65.2 Å². The lowest BCUT2D eigenvalue weighted by Crippen LogP contribution is -2.48. The average molecular weight is 435 g/mol. The van der Waals surface area contributed by atoms with Crippen molar-refractivity contribution >= 4 is 11.8 Å². The van der Waals surface area contributed by atoms with Gasteiger partial charge in [-0.1, -0.05) is 49.3 Å². The maximum Gasteiger partial charge on any atom is 0.276 e. The molecule has 1 N–H and O–H groups in total. The van der Waals surface area contributed by atoms with Gasteiger partial charge in [-0.25, -0.2) is 4.39 Å². The Kier molecular flexibility index (Phi) is 6.35. The number of carbonyl (C=O) groups excluding carboxylic acids is 2. The second-order valence-corrected chi connectivity index (χ2v) is 8.54. The fraction of sp³-hybridized carbons (Fsp3) is 0.320. The van der Waals surface area contributed by atoms with Crippen molar-refractivity contribution in [3.63, 3.8) is 0 Å². The van der Waals surface area contributed by atoms with Crippen molar-refractivity contribution in [2.24, 2.45) is 5.92 Å². The number of nitrogens with zero attached hydrogens (tertiary/aromatic N) is 2. The quantitative estimate of drug-likeness (QED) is 0.650. The molecular formula is C25H26FN3O3. The molecular weight excluding hydrogens is 409 g/mol. The Bertz CT molecular complexity index is 1080. The van der Waals surface area contributed by atoms with Crippen LogP contribution in [0.2, 0.25) is 0 Å². The first kappa shape index (κ1) is 21.7. The summed E-state index contributed by atoms with van der Waals surface area (Å²) in [6.07, 6.45) is 0.543. The molecule has 1 aromatic heterocycles. The van der Waals surface area contributed by atoms with E-state index in [-0.39, 0.29) is 35.2 Å². The van der Waals surface area contributed by atoms with Gasteiger partial charge in [0.2, 0.25) is 5.91 Å². The van der Waals surface area contributed by atoms with Gasteiger partial charge in [0.15, 0.2) is 11.5 Å². The highest BCUT2D eigenvalue weighted by atomic mass is 19.1. The normalized spacial score (nSPS) is 19.0. The topological polar surface area (TPSA) is 75.4 Å². The molecule has 0 spiro atoms. The van der Waals surface area contributed by atoms with Gasteiger partial charge >= 0.3 is 0 Å². The van der Waals surface area contributed by atoms with Crippen molar-refractivity contribution in [1.82, 2.24) is 15.4 Å². The number of hydrogen-bond donors (Lipinski definition) is 1. The van der Waals surface area contributed by atoms with Gasteiger partial charge in [0.1, 0.15) is 11.9 Å². The zero-order valence-corrected chi connectivity index (χ0v) is 18.1. The smallest absolute Gasteiger partial charge is 0.276 e. The van der Waals surface area contributed by atoms with Crippen molar-refractivity contribution < 1.29 is 18.5 Å². The molecule has 4 rings (SSSR count). The van der Waals surface area contributed by atoms with Gasteiger partial charge in [-0.15, -0.1) is 0 Å². The van der Waals surface area contributed by atoms with Gasteiger partial charge < -0.3 is 14.7 Å². The number of carbonyl (C=O) groups is 2. The van der Waals surface area contributed by atoms with Gasteiger partial charge in [0, 0.05) is 30.6 Å². The Balaban J connectivity index is 1.65. The molecule has 0 bridgehead atoms. The van der Waals surface area contributed by atoms with Gasteiger partial charge in [0.05, 0.1) is 0 Å². The number of rotatable bonds is 5. The average Bonchev–Trinajstić information content (AvgIpc) is 3.22. The van der Waals surface area contributed by atoms with Crippen molar-refractivity contribution in [1.29, 1.82) is 0 Å². The summed E-state index contributed by atoms with van der Waals surface area (Å²) in [4.78, 5) is 28.1. The van der Waals surface area contributed by atoms with Crippen LogP contribution in [-0.2, 0) is 4.79 Å². The van der Waals surface area contributed by atoms with Crippen molar-refractivity contribution in [2.75, 3.05) is 13.1 Å². The van der Waals surface area contributed by atoms with E-state index in [1.807, 2.05) is 44.2 Å². The molecule has 0 unspecified atom stereocenters. The monoisotopic (exact) mass is 435 g/mol. The van der Waals surface area contributed by atoms with Gasteiger partial charge in [-0.2, -0.15) is 0 Å². The summed E-state index contributed by atoms with van der Waals surface area (Å²) in [5.74, 6) is -0.319. The first-order valence-corrected chi connectivity index (χ1v) is 10.8. The van der Waals surface area contributed by atoms with Crippen LogP contribution in [0.3, 0.4) is 0 Å². The van der Waals surface area contributed by atoms with E-state index in [2.05, 4.69) is 10.5 Å². The Morgan fingerprint density at radius 2 is 1.91 bits per heavy atom. The molecule has 2 aromatic carbocycles. The standard InChI is InChI=1S/C25H26FN3O3/c1-16(2)12-22-24(30)27-14-19(17-6-4-3-5-7-17)15-29(22)25(31)21-13-23(32-28-21)18-8-10-20(26)11-9-18/h3-11,13,16,19,22H,12,14-15H2,1-2H3,(H,27,30)/t19-,22-/m0/s1. The molecule has 32 heavy (non-hydrogen) atoms. The van der Waals surface area contributed by atoms with Gasteiger partial charge in [-0.3, -0.25) is 9.59 Å². The lowest BCUT2D eigenvalue weighted by Gasteiger charge is -2.30. The Morgan fingerprint density at radius 1 is 1.19 bits per heavy atom. The fourth-order valence-corrected chi connectivity index (χ4v) is 4.04. The Morgan fingerprint density at radius 3 is 2.59 bits per heavy atom. The third-order valence-electron chi connectivity index (χ3n) is 5.70. The number of benzene rings is 2. The van der Waals surface area contributed by atoms with Crippen molar-refractivity contribution in [3.8, 4) is 11.3 Å². The highest BCUT2D eigenvalue weighted by Crippen LogP contribution is 2.26. The molecule has 0 saturated carbocycles.